The van der Waals surface area contributed by atoms with Gasteiger partial charge in [-0.2, -0.15) is 10.2 Å². The van der Waals surface area contributed by atoms with E-state index in [1.54, 1.807) is 10.8 Å². The number of rotatable bonds is 5. The van der Waals surface area contributed by atoms with E-state index in [1.807, 2.05) is 18.3 Å². The highest BCUT2D eigenvalue weighted by Crippen LogP contribution is 2.27. The molecule has 7 heteroatoms. The molecule has 1 fully saturated rings. The van der Waals surface area contributed by atoms with E-state index in [4.69, 9.17) is 10.1 Å². The van der Waals surface area contributed by atoms with Gasteiger partial charge in [-0.15, -0.1) is 0 Å². The first-order valence-corrected chi connectivity index (χ1v) is 9.17. The van der Waals surface area contributed by atoms with Crippen molar-refractivity contribution in [3.63, 3.8) is 0 Å². The monoisotopic (exact) mass is 339 g/mol. The fraction of sp³-hybridized carbons (Fsp3) is 0.556. The molecule has 0 radical (unpaired) electrons. The van der Waals surface area contributed by atoms with Crippen molar-refractivity contribution < 1.29 is 0 Å². The van der Waals surface area contributed by atoms with Crippen LogP contribution in [0.2, 0.25) is 0 Å². The molecule has 0 saturated carbocycles. The van der Waals surface area contributed by atoms with Crippen molar-refractivity contribution >= 4 is 5.65 Å². The highest BCUT2D eigenvalue weighted by molar-refractivity contribution is 5.61. The Morgan fingerprint density at radius 2 is 2.24 bits per heavy atom. The Labute approximate surface area is 147 Å². The van der Waals surface area contributed by atoms with Gasteiger partial charge in [0.25, 0.3) is 0 Å². The highest BCUT2D eigenvalue weighted by Gasteiger charge is 2.24. The fourth-order valence-electron chi connectivity index (χ4n) is 3.54. The van der Waals surface area contributed by atoms with Crippen LogP contribution in [0.4, 0.5) is 0 Å². The van der Waals surface area contributed by atoms with Gasteiger partial charge in [0.1, 0.15) is 6.33 Å². The van der Waals surface area contributed by atoms with E-state index < -0.39 is 0 Å². The van der Waals surface area contributed by atoms with Crippen molar-refractivity contribution in [1.29, 1.82) is 0 Å². The highest BCUT2D eigenvalue weighted by atomic mass is 15.4. The van der Waals surface area contributed by atoms with Gasteiger partial charge in [-0.25, -0.2) is 19.2 Å². The fourth-order valence-corrected chi connectivity index (χ4v) is 3.54. The minimum atomic E-state index is 0.428. The Hall–Kier alpha value is -2.28. The Kier molecular flexibility index (Phi) is 4.48. The van der Waals surface area contributed by atoms with Crippen LogP contribution in [0.1, 0.15) is 44.3 Å². The lowest BCUT2D eigenvalue weighted by molar-refractivity contribution is 0.245. The van der Waals surface area contributed by atoms with E-state index >= 15 is 0 Å². The van der Waals surface area contributed by atoms with E-state index in [-0.39, 0.29) is 0 Å². The molecule has 132 valence electrons. The molecule has 4 heterocycles. The lowest BCUT2D eigenvalue weighted by atomic mass is 9.98. The summed E-state index contributed by atoms with van der Waals surface area (Å²) in [6.45, 7) is 5.32. The SMILES string of the molecule is CCCCn1nc(C2CCCN(C)C2)nc1-c1ccn2ncnc2c1. The zero-order valence-electron chi connectivity index (χ0n) is 15.0. The molecule has 0 N–H and O–H groups in total. The molecule has 0 bridgehead atoms. The zero-order chi connectivity index (χ0) is 17.2. The van der Waals surface area contributed by atoms with Crippen molar-refractivity contribution in [2.45, 2.75) is 45.1 Å². The number of unbranched alkanes of at least 4 members (excludes halogenated alkanes) is 1. The van der Waals surface area contributed by atoms with E-state index in [2.05, 4.69) is 33.6 Å². The van der Waals surface area contributed by atoms with E-state index in [0.717, 1.165) is 48.8 Å². The molecular formula is C18H25N7. The normalized spacial score (nSPS) is 18.9. The molecule has 1 saturated heterocycles. The lowest BCUT2D eigenvalue weighted by Crippen LogP contribution is -2.31. The average Bonchev–Trinajstić information content (AvgIpc) is 3.26. The molecule has 0 spiro atoms. The largest absolute Gasteiger partial charge is 0.306 e. The number of piperidine rings is 1. The number of aryl methyl sites for hydroxylation is 1. The first-order valence-electron chi connectivity index (χ1n) is 9.17. The summed E-state index contributed by atoms with van der Waals surface area (Å²) in [4.78, 5) is 11.6. The minimum absolute atomic E-state index is 0.428. The lowest BCUT2D eigenvalue weighted by Gasteiger charge is -2.27. The third-order valence-electron chi connectivity index (χ3n) is 4.94. The van der Waals surface area contributed by atoms with Crippen LogP contribution in [0.25, 0.3) is 17.0 Å². The van der Waals surface area contributed by atoms with Gasteiger partial charge in [-0.3, -0.25) is 0 Å². The Balaban J connectivity index is 1.71. The third-order valence-corrected chi connectivity index (χ3v) is 4.94. The second kappa shape index (κ2) is 6.92. The van der Waals surface area contributed by atoms with Crippen molar-refractivity contribution in [3.05, 3.63) is 30.5 Å². The van der Waals surface area contributed by atoms with Crippen molar-refractivity contribution in [2.24, 2.45) is 0 Å². The summed E-state index contributed by atoms with van der Waals surface area (Å²) in [6.07, 6.45) is 8.14. The van der Waals surface area contributed by atoms with Crippen LogP contribution in [0.3, 0.4) is 0 Å². The maximum Gasteiger partial charge on any atom is 0.158 e. The summed E-state index contributed by atoms with van der Waals surface area (Å²) in [5, 5.41) is 9.06. The smallest absolute Gasteiger partial charge is 0.158 e. The van der Waals surface area contributed by atoms with Crippen molar-refractivity contribution in [3.8, 4) is 11.4 Å². The number of pyridine rings is 1. The number of likely N-dealkylation sites (N-methyl/N-ethyl adjacent to an activating group) is 1. The van der Waals surface area contributed by atoms with Gasteiger partial charge in [0, 0.05) is 30.8 Å². The molecular weight excluding hydrogens is 314 g/mol. The van der Waals surface area contributed by atoms with Gasteiger partial charge in [0.2, 0.25) is 0 Å². The molecule has 25 heavy (non-hydrogen) atoms. The summed E-state index contributed by atoms with van der Waals surface area (Å²) in [5.41, 5.74) is 1.89. The number of hydrogen-bond acceptors (Lipinski definition) is 5. The average molecular weight is 339 g/mol. The summed E-state index contributed by atoms with van der Waals surface area (Å²) >= 11 is 0. The number of aromatic nitrogens is 6. The van der Waals surface area contributed by atoms with Gasteiger partial charge in [0.05, 0.1) is 0 Å². The number of hydrogen-bond donors (Lipinski definition) is 0. The molecule has 7 nitrogen and oxygen atoms in total. The maximum atomic E-state index is 4.95. The van der Waals surface area contributed by atoms with Gasteiger partial charge < -0.3 is 4.90 Å². The van der Waals surface area contributed by atoms with Gasteiger partial charge in [-0.1, -0.05) is 13.3 Å². The second-order valence-corrected chi connectivity index (χ2v) is 6.95. The predicted molar refractivity (Wildman–Crippen MR) is 96.4 cm³/mol. The zero-order valence-corrected chi connectivity index (χ0v) is 15.0. The van der Waals surface area contributed by atoms with Crippen LogP contribution < -0.4 is 0 Å². The predicted octanol–water partition coefficient (Wildman–Crippen LogP) is 2.60. The van der Waals surface area contributed by atoms with E-state index in [9.17, 15) is 0 Å². The van der Waals surface area contributed by atoms with Crippen LogP contribution in [0, 0.1) is 0 Å². The molecule has 0 aromatic carbocycles. The van der Waals surface area contributed by atoms with Crippen LogP contribution >= 0.6 is 0 Å². The third kappa shape index (κ3) is 3.28. The number of nitrogens with zero attached hydrogens (tertiary/aromatic N) is 7. The van der Waals surface area contributed by atoms with Crippen molar-refractivity contribution in [1.82, 2.24) is 34.3 Å². The number of likely N-dealkylation sites (tertiary alicyclic amines) is 1. The first-order chi connectivity index (χ1) is 12.2. The second-order valence-electron chi connectivity index (χ2n) is 6.95. The van der Waals surface area contributed by atoms with Crippen LogP contribution in [0.5, 0.6) is 0 Å². The molecule has 1 unspecified atom stereocenters. The quantitative estimate of drug-likeness (QED) is 0.715. The first kappa shape index (κ1) is 16.2. The Bertz CT molecular complexity index is 850. The van der Waals surface area contributed by atoms with E-state index in [1.165, 1.54) is 19.4 Å². The van der Waals surface area contributed by atoms with Crippen LogP contribution in [-0.4, -0.2) is 54.4 Å². The molecule has 1 aliphatic rings. The molecule has 1 aliphatic heterocycles. The summed E-state index contributed by atoms with van der Waals surface area (Å²) in [7, 11) is 2.18. The van der Waals surface area contributed by atoms with Gasteiger partial charge >= 0.3 is 0 Å². The molecule has 1 atom stereocenters. The number of fused-ring (bicyclic) bond motifs is 1. The summed E-state index contributed by atoms with van der Waals surface area (Å²) in [6, 6.07) is 4.08. The maximum absolute atomic E-state index is 4.95. The Morgan fingerprint density at radius 3 is 3.08 bits per heavy atom. The standard InChI is InChI=1S/C18H25N7/c1-3-4-9-25-18(14-7-10-24-16(11-14)19-13-20-24)21-17(22-25)15-6-5-8-23(2)12-15/h7,10-11,13,15H,3-6,8-9,12H2,1-2H3. The van der Waals surface area contributed by atoms with Crippen LogP contribution in [0.15, 0.2) is 24.7 Å². The van der Waals surface area contributed by atoms with Crippen LogP contribution in [-0.2, 0) is 6.54 Å². The molecule has 4 rings (SSSR count). The van der Waals surface area contributed by atoms with E-state index in [0.29, 0.717) is 5.92 Å². The van der Waals surface area contributed by atoms with Crippen molar-refractivity contribution in [2.75, 3.05) is 20.1 Å². The molecule has 3 aromatic heterocycles. The topological polar surface area (TPSA) is 64.1 Å². The van der Waals surface area contributed by atoms with Gasteiger partial charge in [-0.05, 0) is 45.0 Å². The Morgan fingerprint density at radius 1 is 1.32 bits per heavy atom. The molecule has 0 amide bonds. The summed E-state index contributed by atoms with van der Waals surface area (Å²) in [5.74, 6) is 2.36. The minimum Gasteiger partial charge on any atom is -0.306 e. The summed E-state index contributed by atoms with van der Waals surface area (Å²) < 4.78 is 3.85. The molecule has 3 aromatic rings. The molecule has 0 aliphatic carbocycles. The van der Waals surface area contributed by atoms with Gasteiger partial charge in [0.15, 0.2) is 17.3 Å².